The van der Waals surface area contributed by atoms with Crippen molar-refractivity contribution in [2.24, 2.45) is 0 Å². The Hall–Kier alpha value is -7.54. The van der Waals surface area contributed by atoms with Crippen LogP contribution in [0.5, 0.6) is 0 Å². The number of para-hydroxylation sites is 1. The van der Waals surface area contributed by atoms with Crippen LogP contribution in [0.4, 0.5) is 5.69 Å². The summed E-state index contributed by atoms with van der Waals surface area (Å²) in [5, 5.41) is 21.3. The van der Waals surface area contributed by atoms with Gasteiger partial charge in [-0.05, 0) is 76.3 Å². The van der Waals surface area contributed by atoms with Gasteiger partial charge in [-0.25, -0.2) is 4.90 Å². The standard InChI is InChI=1S/C46H26N4O2/c47-27-29-18-21-35(34(24-29)28-48)33-19-22-37-36-14-7-8-16-40(36)49(43(37)26-33)42-17-9-15-38-44(42)46(52)50(45(38)51)41-23-20-32(30-10-3-1-4-11-30)25-39(41)31-12-5-2-6-13-31/h1-26H. The number of nitrogens with zero attached hydrogens (tertiary/aromatic N) is 4. The molecule has 2 amide bonds. The van der Waals surface area contributed by atoms with Crippen molar-refractivity contribution in [3.05, 3.63) is 180 Å². The molecule has 0 spiro atoms. The maximum Gasteiger partial charge on any atom is 0.268 e. The van der Waals surface area contributed by atoms with Crippen molar-refractivity contribution >= 4 is 39.3 Å². The molecule has 0 saturated heterocycles. The highest BCUT2D eigenvalue weighted by Gasteiger charge is 2.40. The van der Waals surface area contributed by atoms with E-state index in [1.54, 1.807) is 24.3 Å². The van der Waals surface area contributed by atoms with Gasteiger partial charge >= 0.3 is 0 Å². The van der Waals surface area contributed by atoms with Crippen LogP contribution in [0.2, 0.25) is 0 Å². The van der Waals surface area contributed by atoms with E-state index in [2.05, 4.69) is 12.1 Å². The molecule has 8 aromatic rings. The number of hydrogen-bond donors (Lipinski definition) is 0. The molecule has 0 N–H and O–H groups in total. The molecule has 242 valence electrons. The molecule has 7 aromatic carbocycles. The van der Waals surface area contributed by atoms with E-state index in [1.807, 2.05) is 138 Å². The van der Waals surface area contributed by atoms with E-state index in [0.29, 0.717) is 39.2 Å². The van der Waals surface area contributed by atoms with E-state index in [-0.39, 0.29) is 5.91 Å². The molecule has 2 heterocycles. The van der Waals surface area contributed by atoms with Gasteiger partial charge in [-0.1, -0.05) is 109 Å². The van der Waals surface area contributed by atoms with Crippen molar-refractivity contribution in [1.82, 2.24) is 4.57 Å². The van der Waals surface area contributed by atoms with Crippen LogP contribution >= 0.6 is 0 Å². The van der Waals surface area contributed by atoms with E-state index < -0.39 is 5.91 Å². The lowest BCUT2D eigenvalue weighted by Gasteiger charge is -2.20. The van der Waals surface area contributed by atoms with E-state index in [9.17, 15) is 20.1 Å². The van der Waals surface area contributed by atoms with Gasteiger partial charge in [-0.15, -0.1) is 0 Å². The van der Waals surface area contributed by atoms with Crippen LogP contribution in [0.1, 0.15) is 31.8 Å². The zero-order chi connectivity index (χ0) is 35.3. The second-order valence-electron chi connectivity index (χ2n) is 12.7. The molecule has 6 nitrogen and oxygen atoms in total. The van der Waals surface area contributed by atoms with Crippen molar-refractivity contribution in [2.75, 3.05) is 4.90 Å². The molecule has 1 aliphatic heterocycles. The molecule has 0 fully saturated rings. The minimum atomic E-state index is -0.402. The zero-order valence-corrected chi connectivity index (χ0v) is 27.6. The van der Waals surface area contributed by atoms with Crippen molar-refractivity contribution < 1.29 is 9.59 Å². The highest BCUT2D eigenvalue weighted by molar-refractivity contribution is 6.36. The molecule has 0 saturated carbocycles. The average molecular weight is 667 g/mol. The van der Waals surface area contributed by atoms with Crippen molar-refractivity contribution in [1.29, 1.82) is 10.5 Å². The lowest BCUT2D eigenvalue weighted by atomic mass is 9.97. The molecular weight excluding hydrogens is 641 g/mol. The number of nitriles is 2. The van der Waals surface area contributed by atoms with Gasteiger partial charge in [0.15, 0.2) is 0 Å². The molecule has 6 heteroatoms. The fourth-order valence-corrected chi connectivity index (χ4v) is 7.42. The Bertz CT molecular complexity index is 2860. The first-order valence-electron chi connectivity index (χ1n) is 16.8. The smallest absolute Gasteiger partial charge is 0.268 e. The maximum atomic E-state index is 14.8. The highest BCUT2D eigenvalue weighted by Crippen LogP contribution is 2.42. The Labute approximate surface area is 299 Å². The Morgan fingerprint density at radius 2 is 1.15 bits per heavy atom. The third-order valence-electron chi connectivity index (χ3n) is 9.82. The van der Waals surface area contributed by atoms with Crippen molar-refractivity contribution in [3.8, 4) is 51.2 Å². The Kier molecular flexibility index (Phi) is 7.10. The Balaban J connectivity index is 1.24. The SMILES string of the molecule is N#Cc1ccc(-c2ccc3c4ccccc4n(-c4cccc5c4C(=O)N(c4ccc(-c6ccccc6)cc4-c4ccccc4)C5=O)c3c2)c(C#N)c1. The summed E-state index contributed by atoms with van der Waals surface area (Å²) in [5.41, 5.74) is 9.40. The Morgan fingerprint density at radius 3 is 1.92 bits per heavy atom. The van der Waals surface area contributed by atoms with Crippen LogP contribution in [0, 0.1) is 22.7 Å². The van der Waals surface area contributed by atoms with Gasteiger partial charge in [-0.2, -0.15) is 10.5 Å². The molecule has 1 aliphatic rings. The van der Waals surface area contributed by atoms with Crippen LogP contribution in [-0.2, 0) is 0 Å². The second kappa shape index (κ2) is 12.1. The van der Waals surface area contributed by atoms with E-state index >= 15 is 0 Å². The first-order valence-corrected chi connectivity index (χ1v) is 16.8. The van der Waals surface area contributed by atoms with E-state index in [1.165, 1.54) is 4.90 Å². The monoisotopic (exact) mass is 666 g/mol. The van der Waals surface area contributed by atoms with E-state index in [0.717, 1.165) is 49.6 Å². The summed E-state index contributed by atoms with van der Waals surface area (Å²) in [5.74, 6) is -0.787. The fourth-order valence-electron chi connectivity index (χ4n) is 7.42. The van der Waals surface area contributed by atoms with Crippen molar-refractivity contribution in [3.63, 3.8) is 0 Å². The van der Waals surface area contributed by atoms with Gasteiger partial charge < -0.3 is 4.57 Å². The molecule has 9 rings (SSSR count). The number of rotatable bonds is 5. The normalized spacial score (nSPS) is 12.2. The summed E-state index contributed by atoms with van der Waals surface area (Å²) in [6, 6.07) is 54.5. The first kappa shape index (κ1) is 30.5. The molecule has 1 aromatic heterocycles. The molecule has 0 aliphatic carbocycles. The minimum absolute atomic E-state index is 0.322. The van der Waals surface area contributed by atoms with Gasteiger partial charge in [0.2, 0.25) is 0 Å². The summed E-state index contributed by atoms with van der Waals surface area (Å²) < 4.78 is 2.04. The number of aromatic nitrogens is 1. The molecule has 0 unspecified atom stereocenters. The molecule has 52 heavy (non-hydrogen) atoms. The molecule has 0 bridgehead atoms. The predicted octanol–water partition coefficient (Wildman–Crippen LogP) is 10.3. The van der Waals surface area contributed by atoms with Gasteiger partial charge in [0.05, 0.1) is 56.8 Å². The number of benzene rings is 7. The molecule has 0 atom stereocenters. The number of imide groups is 1. The fraction of sp³-hybridized carbons (Fsp3) is 0. The Morgan fingerprint density at radius 1 is 0.442 bits per heavy atom. The maximum absolute atomic E-state index is 14.8. The minimum Gasteiger partial charge on any atom is -0.308 e. The quantitative estimate of drug-likeness (QED) is 0.171. The van der Waals surface area contributed by atoms with E-state index in [4.69, 9.17) is 0 Å². The summed E-state index contributed by atoms with van der Waals surface area (Å²) in [6.45, 7) is 0. The van der Waals surface area contributed by atoms with Gasteiger partial charge in [-0.3, -0.25) is 9.59 Å². The van der Waals surface area contributed by atoms with Gasteiger partial charge in [0, 0.05) is 16.3 Å². The lowest BCUT2D eigenvalue weighted by molar-refractivity contribution is 0.0926. The summed E-state index contributed by atoms with van der Waals surface area (Å²) >= 11 is 0. The zero-order valence-electron chi connectivity index (χ0n) is 27.6. The van der Waals surface area contributed by atoms with Crippen LogP contribution in [0.3, 0.4) is 0 Å². The second-order valence-corrected chi connectivity index (χ2v) is 12.7. The number of hydrogen-bond acceptors (Lipinski definition) is 4. The van der Waals surface area contributed by atoms with Crippen LogP contribution in [-0.4, -0.2) is 16.4 Å². The summed E-state index contributed by atoms with van der Waals surface area (Å²) in [6.07, 6.45) is 0. The largest absolute Gasteiger partial charge is 0.308 e. The average Bonchev–Trinajstić information content (AvgIpc) is 3.67. The first-order chi connectivity index (χ1) is 25.6. The van der Waals surface area contributed by atoms with Crippen LogP contribution in [0.15, 0.2) is 158 Å². The number of amides is 2. The number of anilines is 1. The highest BCUT2D eigenvalue weighted by atomic mass is 16.2. The topological polar surface area (TPSA) is 89.9 Å². The lowest BCUT2D eigenvalue weighted by Crippen LogP contribution is -2.30. The van der Waals surface area contributed by atoms with Crippen LogP contribution in [0.25, 0.3) is 60.9 Å². The third-order valence-corrected chi connectivity index (χ3v) is 9.82. The third kappa shape index (κ3) is 4.71. The van der Waals surface area contributed by atoms with Gasteiger partial charge in [0.1, 0.15) is 0 Å². The molecular formula is C46H26N4O2. The predicted molar refractivity (Wildman–Crippen MR) is 204 cm³/mol. The van der Waals surface area contributed by atoms with Gasteiger partial charge in [0.25, 0.3) is 11.8 Å². The summed E-state index contributed by atoms with van der Waals surface area (Å²) in [4.78, 5) is 30.5. The number of carbonyl (C=O) groups is 2. The molecule has 0 radical (unpaired) electrons. The summed E-state index contributed by atoms with van der Waals surface area (Å²) in [7, 11) is 0. The number of fused-ring (bicyclic) bond motifs is 4. The van der Waals surface area contributed by atoms with Crippen LogP contribution < -0.4 is 4.90 Å². The van der Waals surface area contributed by atoms with Crippen molar-refractivity contribution in [2.45, 2.75) is 0 Å². The number of carbonyl (C=O) groups excluding carboxylic acids is 2.